The molecule has 1 aromatic rings. The van der Waals surface area contributed by atoms with Crippen molar-refractivity contribution in [2.45, 2.75) is 33.6 Å². The second kappa shape index (κ2) is 3.30. The maximum absolute atomic E-state index is 4.02. The molecule has 0 fully saturated rings. The Morgan fingerprint density at radius 3 is 1.83 bits per heavy atom. The van der Waals surface area contributed by atoms with Crippen molar-refractivity contribution in [2.75, 3.05) is 0 Å². The van der Waals surface area contributed by atoms with Crippen molar-refractivity contribution in [3.8, 4) is 0 Å². The third-order valence-corrected chi connectivity index (χ3v) is 2.52. The summed E-state index contributed by atoms with van der Waals surface area (Å²) in [6.07, 6.45) is 0. The van der Waals surface area contributed by atoms with Crippen molar-refractivity contribution < 1.29 is 0 Å². The monoisotopic (exact) mass is 161 g/mol. The van der Waals surface area contributed by atoms with E-state index in [-0.39, 0.29) is 0 Å². The minimum absolute atomic E-state index is 0.392. The summed E-state index contributed by atoms with van der Waals surface area (Å²) in [5.41, 5.74) is 5.50. The molecule has 0 saturated carbocycles. The Balaban J connectivity index is 3.21. The molecule has 0 amide bonds. The first-order valence-corrected chi connectivity index (χ1v) is 4.43. The first-order valence-electron chi connectivity index (χ1n) is 4.43. The van der Waals surface area contributed by atoms with Crippen molar-refractivity contribution in [1.29, 1.82) is 0 Å². The maximum Gasteiger partial charge on any atom is -0.0190 e. The van der Waals surface area contributed by atoms with Crippen molar-refractivity contribution in [3.63, 3.8) is 0 Å². The first-order chi connectivity index (χ1) is 5.52. The molecule has 1 unspecified atom stereocenters. The summed E-state index contributed by atoms with van der Waals surface area (Å²) in [6.45, 7) is 12.6. The highest BCUT2D eigenvalue weighted by atomic mass is 14.1. The standard InChI is InChI=1S/C12H17/c1-8(2)12-6-9(3)11(5)10(4)7-12/h6-8H,1H2,2-5H3. The van der Waals surface area contributed by atoms with Crippen LogP contribution in [0.3, 0.4) is 0 Å². The van der Waals surface area contributed by atoms with Gasteiger partial charge in [0.2, 0.25) is 0 Å². The number of hydrogen-bond donors (Lipinski definition) is 0. The summed E-state index contributed by atoms with van der Waals surface area (Å²) < 4.78 is 0. The highest BCUT2D eigenvalue weighted by Crippen LogP contribution is 2.20. The Morgan fingerprint density at radius 2 is 1.50 bits per heavy atom. The van der Waals surface area contributed by atoms with Crippen molar-refractivity contribution >= 4 is 0 Å². The van der Waals surface area contributed by atoms with E-state index in [1.165, 1.54) is 22.3 Å². The van der Waals surface area contributed by atoms with E-state index in [0.29, 0.717) is 5.92 Å². The molecule has 0 nitrogen and oxygen atoms in total. The predicted molar refractivity (Wildman–Crippen MR) is 54.4 cm³/mol. The zero-order valence-corrected chi connectivity index (χ0v) is 8.44. The zero-order valence-electron chi connectivity index (χ0n) is 8.44. The van der Waals surface area contributed by atoms with Crippen LogP contribution in [0.4, 0.5) is 0 Å². The van der Waals surface area contributed by atoms with E-state index in [0.717, 1.165) is 0 Å². The summed E-state index contributed by atoms with van der Waals surface area (Å²) >= 11 is 0. The lowest BCUT2D eigenvalue weighted by Crippen LogP contribution is -1.93. The third-order valence-electron chi connectivity index (χ3n) is 2.52. The lowest BCUT2D eigenvalue weighted by Gasteiger charge is -2.11. The Morgan fingerprint density at radius 1 is 1.08 bits per heavy atom. The van der Waals surface area contributed by atoms with Crippen LogP contribution in [0.5, 0.6) is 0 Å². The van der Waals surface area contributed by atoms with E-state index in [1.807, 2.05) is 0 Å². The van der Waals surface area contributed by atoms with Crippen molar-refractivity contribution in [2.24, 2.45) is 0 Å². The molecule has 0 spiro atoms. The van der Waals surface area contributed by atoms with E-state index in [4.69, 9.17) is 0 Å². The van der Waals surface area contributed by atoms with Gasteiger partial charge in [0.15, 0.2) is 0 Å². The molecular weight excluding hydrogens is 144 g/mol. The predicted octanol–water partition coefficient (Wildman–Crippen LogP) is 3.55. The van der Waals surface area contributed by atoms with Gasteiger partial charge in [0, 0.05) is 0 Å². The number of rotatable bonds is 1. The molecule has 12 heavy (non-hydrogen) atoms. The van der Waals surface area contributed by atoms with Crippen molar-refractivity contribution in [3.05, 3.63) is 41.3 Å². The second-order valence-corrected chi connectivity index (χ2v) is 3.68. The Hall–Kier alpha value is -0.780. The summed E-state index contributed by atoms with van der Waals surface area (Å²) in [4.78, 5) is 0. The van der Waals surface area contributed by atoms with Crippen LogP contribution in [-0.4, -0.2) is 0 Å². The van der Waals surface area contributed by atoms with Gasteiger partial charge in [-0.1, -0.05) is 19.1 Å². The van der Waals surface area contributed by atoms with E-state index < -0.39 is 0 Å². The first kappa shape index (κ1) is 9.31. The van der Waals surface area contributed by atoms with Crippen LogP contribution in [0.1, 0.15) is 35.1 Å². The topological polar surface area (TPSA) is 0 Å². The van der Waals surface area contributed by atoms with Crippen LogP contribution in [0.25, 0.3) is 0 Å². The maximum atomic E-state index is 4.02. The van der Waals surface area contributed by atoms with Gasteiger partial charge >= 0.3 is 0 Å². The molecule has 0 bridgehead atoms. The van der Waals surface area contributed by atoms with E-state index in [2.05, 4.69) is 46.8 Å². The molecule has 0 heterocycles. The van der Waals surface area contributed by atoms with Gasteiger partial charge in [-0.25, -0.2) is 0 Å². The van der Waals surface area contributed by atoms with Gasteiger partial charge in [-0.2, -0.15) is 0 Å². The Kier molecular flexibility index (Phi) is 2.56. The molecule has 0 aliphatic carbocycles. The van der Waals surface area contributed by atoms with E-state index in [1.54, 1.807) is 0 Å². The van der Waals surface area contributed by atoms with Crippen LogP contribution in [-0.2, 0) is 0 Å². The summed E-state index contributed by atoms with van der Waals surface area (Å²) in [6, 6.07) is 4.47. The van der Waals surface area contributed by atoms with Crippen LogP contribution >= 0.6 is 0 Å². The van der Waals surface area contributed by atoms with Gasteiger partial charge in [-0.15, -0.1) is 0 Å². The van der Waals surface area contributed by atoms with Crippen LogP contribution in [0, 0.1) is 27.7 Å². The molecule has 0 heteroatoms. The molecule has 0 N–H and O–H groups in total. The molecule has 0 aromatic heterocycles. The van der Waals surface area contributed by atoms with E-state index >= 15 is 0 Å². The van der Waals surface area contributed by atoms with E-state index in [9.17, 15) is 0 Å². The highest BCUT2D eigenvalue weighted by molar-refractivity contribution is 5.38. The average molecular weight is 161 g/mol. The molecule has 1 radical (unpaired) electrons. The lowest BCUT2D eigenvalue weighted by atomic mass is 9.95. The van der Waals surface area contributed by atoms with Gasteiger partial charge in [-0.05, 0) is 55.9 Å². The number of benzene rings is 1. The largest absolute Gasteiger partial charge is 0.0584 e. The fourth-order valence-electron chi connectivity index (χ4n) is 1.35. The molecule has 0 aliphatic rings. The van der Waals surface area contributed by atoms with Gasteiger partial charge in [0.05, 0.1) is 0 Å². The van der Waals surface area contributed by atoms with Crippen molar-refractivity contribution in [1.82, 2.24) is 0 Å². The summed E-state index contributed by atoms with van der Waals surface area (Å²) in [5.74, 6) is 0.392. The molecule has 0 aliphatic heterocycles. The minimum Gasteiger partial charge on any atom is -0.0584 e. The summed E-state index contributed by atoms with van der Waals surface area (Å²) in [7, 11) is 0. The van der Waals surface area contributed by atoms with Gasteiger partial charge in [0.1, 0.15) is 0 Å². The lowest BCUT2D eigenvalue weighted by molar-refractivity contribution is 0.954. The third kappa shape index (κ3) is 1.69. The van der Waals surface area contributed by atoms with Gasteiger partial charge < -0.3 is 0 Å². The molecular formula is C12H17. The fourth-order valence-corrected chi connectivity index (χ4v) is 1.35. The fraction of sp³-hybridized carbons (Fsp3) is 0.417. The van der Waals surface area contributed by atoms with Gasteiger partial charge in [-0.3, -0.25) is 0 Å². The molecule has 1 atom stereocenters. The number of hydrogen-bond acceptors (Lipinski definition) is 0. The Bertz CT molecular complexity index is 259. The minimum atomic E-state index is 0.392. The number of aryl methyl sites for hydroxylation is 2. The van der Waals surface area contributed by atoms with Gasteiger partial charge in [0.25, 0.3) is 0 Å². The molecule has 65 valence electrons. The second-order valence-electron chi connectivity index (χ2n) is 3.68. The normalized spacial score (nSPS) is 10.8. The summed E-state index contributed by atoms with van der Waals surface area (Å²) in [5, 5.41) is 0. The molecule has 1 aromatic carbocycles. The smallest absolute Gasteiger partial charge is 0.0190 e. The Labute approximate surface area is 75.6 Å². The zero-order chi connectivity index (χ0) is 9.30. The van der Waals surface area contributed by atoms with Crippen LogP contribution in [0.2, 0.25) is 0 Å². The van der Waals surface area contributed by atoms with Crippen LogP contribution in [0.15, 0.2) is 12.1 Å². The SMILES string of the molecule is [CH2]C(C)c1cc(C)c(C)c(C)c1. The molecule has 0 saturated heterocycles. The average Bonchev–Trinajstić information content (AvgIpc) is 1.99. The van der Waals surface area contributed by atoms with Crippen LogP contribution < -0.4 is 0 Å². The highest BCUT2D eigenvalue weighted by Gasteiger charge is 2.03. The quantitative estimate of drug-likeness (QED) is 0.591. The molecule has 1 rings (SSSR count).